The van der Waals surface area contributed by atoms with Crippen LogP contribution in [0.25, 0.3) is 16.7 Å². The van der Waals surface area contributed by atoms with Gasteiger partial charge in [-0.05, 0) is 32.0 Å². The maximum Gasteiger partial charge on any atom is 0.277 e. The predicted molar refractivity (Wildman–Crippen MR) is 96.2 cm³/mol. The molecule has 0 radical (unpaired) electrons. The van der Waals surface area contributed by atoms with E-state index in [4.69, 9.17) is 4.74 Å². The summed E-state index contributed by atoms with van der Waals surface area (Å²) < 4.78 is 49.9. The van der Waals surface area contributed by atoms with Crippen LogP contribution in [0, 0.1) is 31.3 Å². The third kappa shape index (κ3) is 2.54. The number of benzene rings is 1. The SMILES string of the molecule is COc1ccc2c(n1)n1c(C)nc(C)c1c(=O)n2Cc1c(F)ccc(F)c1F. The summed E-state index contributed by atoms with van der Waals surface area (Å²) in [6.07, 6.45) is 0. The van der Waals surface area contributed by atoms with Gasteiger partial charge in [-0.15, -0.1) is 0 Å². The van der Waals surface area contributed by atoms with Crippen LogP contribution in [0.3, 0.4) is 0 Å². The molecule has 0 amide bonds. The highest BCUT2D eigenvalue weighted by atomic mass is 19.2. The Kier molecular flexibility index (Phi) is 4.10. The maximum atomic E-state index is 14.2. The molecule has 0 unspecified atom stereocenters. The normalized spacial score (nSPS) is 11.5. The van der Waals surface area contributed by atoms with Crippen molar-refractivity contribution in [3.05, 3.63) is 69.2 Å². The first-order valence-corrected chi connectivity index (χ1v) is 8.39. The van der Waals surface area contributed by atoms with Gasteiger partial charge in [0.2, 0.25) is 5.88 Å². The van der Waals surface area contributed by atoms with Crippen molar-refractivity contribution in [1.82, 2.24) is 18.9 Å². The topological polar surface area (TPSA) is 61.4 Å². The fourth-order valence-corrected chi connectivity index (χ4v) is 3.36. The Morgan fingerprint density at radius 3 is 2.46 bits per heavy atom. The van der Waals surface area contributed by atoms with Gasteiger partial charge in [-0.2, -0.15) is 4.98 Å². The largest absolute Gasteiger partial charge is 0.481 e. The highest BCUT2D eigenvalue weighted by molar-refractivity contribution is 5.77. The molecule has 0 bridgehead atoms. The monoisotopic (exact) mass is 388 g/mol. The molecular weight excluding hydrogens is 373 g/mol. The summed E-state index contributed by atoms with van der Waals surface area (Å²) in [5, 5.41) is 0. The molecule has 0 spiro atoms. The van der Waals surface area contributed by atoms with Crippen molar-refractivity contribution in [3.63, 3.8) is 0 Å². The molecule has 0 saturated carbocycles. The van der Waals surface area contributed by atoms with Gasteiger partial charge in [0, 0.05) is 11.6 Å². The Morgan fingerprint density at radius 1 is 1.04 bits per heavy atom. The van der Waals surface area contributed by atoms with E-state index in [1.165, 1.54) is 13.2 Å². The number of nitrogens with zero attached hydrogens (tertiary/aromatic N) is 4. The Balaban J connectivity index is 2.11. The fourth-order valence-electron chi connectivity index (χ4n) is 3.36. The van der Waals surface area contributed by atoms with Crippen LogP contribution in [-0.2, 0) is 6.54 Å². The minimum absolute atomic E-state index is 0.225. The standard InChI is InChI=1S/C19H15F3N4O2/c1-9-17-19(27)25(8-11-12(20)4-5-13(21)16(11)22)14-6-7-15(28-3)24-18(14)26(17)10(2)23-9/h4-7H,8H2,1-3H3. The van der Waals surface area contributed by atoms with Gasteiger partial charge in [0.25, 0.3) is 5.56 Å². The molecule has 0 aliphatic heterocycles. The molecule has 4 aromatic rings. The van der Waals surface area contributed by atoms with Crippen molar-refractivity contribution in [3.8, 4) is 5.88 Å². The van der Waals surface area contributed by atoms with Crippen molar-refractivity contribution in [1.29, 1.82) is 0 Å². The van der Waals surface area contributed by atoms with E-state index in [0.29, 0.717) is 34.6 Å². The van der Waals surface area contributed by atoms with Crippen LogP contribution in [0.4, 0.5) is 13.2 Å². The Morgan fingerprint density at radius 2 is 1.75 bits per heavy atom. The van der Waals surface area contributed by atoms with Gasteiger partial charge in [-0.25, -0.2) is 18.2 Å². The van der Waals surface area contributed by atoms with Gasteiger partial charge in [-0.1, -0.05) is 0 Å². The van der Waals surface area contributed by atoms with Crippen molar-refractivity contribution >= 4 is 16.7 Å². The number of methoxy groups -OCH3 is 1. The minimum Gasteiger partial charge on any atom is -0.481 e. The molecule has 3 aromatic heterocycles. The lowest BCUT2D eigenvalue weighted by Gasteiger charge is -2.14. The smallest absolute Gasteiger partial charge is 0.277 e. The van der Waals surface area contributed by atoms with Crippen LogP contribution in [0.2, 0.25) is 0 Å². The van der Waals surface area contributed by atoms with Crippen molar-refractivity contribution in [2.75, 3.05) is 7.11 Å². The molecule has 4 rings (SSSR count). The first-order valence-electron chi connectivity index (χ1n) is 8.39. The number of aryl methyl sites for hydroxylation is 2. The van der Waals surface area contributed by atoms with Crippen molar-refractivity contribution in [2.24, 2.45) is 0 Å². The molecule has 3 heterocycles. The molecule has 1 aromatic carbocycles. The van der Waals surface area contributed by atoms with Gasteiger partial charge in [0.05, 0.1) is 24.9 Å². The number of imidazole rings is 1. The molecule has 144 valence electrons. The number of hydrogen-bond donors (Lipinski definition) is 0. The zero-order valence-corrected chi connectivity index (χ0v) is 15.3. The van der Waals surface area contributed by atoms with E-state index in [1.807, 2.05) is 0 Å². The molecule has 28 heavy (non-hydrogen) atoms. The second kappa shape index (κ2) is 6.36. The number of rotatable bonds is 3. The molecule has 0 aliphatic carbocycles. The predicted octanol–water partition coefficient (Wildman–Crippen LogP) is 3.14. The second-order valence-corrected chi connectivity index (χ2v) is 6.34. The zero-order valence-electron chi connectivity index (χ0n) is 15.3. The molecular formula is C19H15F3N4O2. The first kappa shape index (κ1) is 18.0. The summed E-state index contributed by atoms with van der Waals surface area (Å²) in [7, 11) is 1.45. The lowest BCUT2D eigenvalue weighted by Crippen LogP contribution is -2.25. The maximum absolute atomic E-state index is 14.2. The van der Waals surface area contributed by atoms with E-state index >= 15 is 0 Å². The lowest BCUT2D eigenvalue weighted by atomic mass is 10.1. The number of pyridine rings is 1. The number of halogens is 3. The van der Waals surface area contributed by atoms with Gasteiger partial charge >= 0.3 is 0 Å². The van der Waals surface area contributed by atoms with Crippen molar-refractivity contribution < 1.29 is 17.9 Å². The summed E-state index contributed by atoms with van der Waals surface area (Å²) in [5.74, 6) is -2.63. The number of aromatic nitrogens is 4. The highest BCUT2D eigenvalue weighted by Gasteiger charge is 2.21. The van der Waals surface area contributed by atoms with Gasteiger partial charge < -0.3 is 4.74 Å². The van der Waals surface area contributed by atoms with E-state index in [9.17, 15) is 18.0 Å². The molecule has 9 heteroatoms. The van der Waals surface area contributed by atoms with Crippen LogP contribution < -0.4 is 10.3 Å². The summed E-state index contributed by atoms with van der Waals surface area (Å²) in [4.78, 5) is 21.8. The van der Waals surface area contributed by atoms with Gasteiger partial charge in [-0.3, -0.25) is 13.8 Å². The van der Waals surface area contributed by atoms with E-state index in [1.54, 1.807) is 24.3 Å². The van der Waals surface area contributed by atoms with E-state index in [-0.39, 0.29) is 5.52 Å². The molecule has 0 N–H and O–H groups in total. The van der Waals surface area contributed by atoms with E-state index in [0.717, 1.165) is 10.6 Å². The molecule has 0 fully saturated rings. The molecule has 0 atom stereocenters. The fraction of sp³-hybridized carbons (Fsp3) is 0.211. The highest BCUT2D eigenvalue weighted by Crippen LogP contribution is 2.23. The quantitative estimate of drug-likeness (QED) is 0.506. The third-order valence-electron chi connectivity index (χ3n) is 4.66. The number of ether oxygens (including phenoxy) is 1. The second-order valence-electron chi connectivity index (χ2n) is 6.34. The third-order valence-corrected chi connectivity index (χ3v) is 4.66. The van der Waals surface area contributed by atoms with E-state index in [2.05, 4.69) is 9.97 Å². The Hall–Kier alpha value is -3.36. The van der Waals surface area contributed by atoms with Gasteiger partial charge in [0.1, 0.15) is 17.2 Å². The van der Waals surface area contributed by atoms with Crippen LogP contribution >= 0.6 is 0 Å². The van der Waals surface area contributed by atoms with E-state index < -0.39 is 35.1 Å². The first-order chi connectivity index (χ1) is 13.3. The average molecular weight is 388 g/mol. The zero-order chi connectivity index (χ0) is 20.2. The Bertz CT molecular complexity index is 1310. The number of hydrogen-bond acceptors (Lipinski definition) is 4. The van der Waals surface area contributed by atoms with Crippen LogP contribution in [0.5, 0.6) is 5.88 Å². The molecule has 0 aliphatic rings. The Labute approximate surface area is 156 Å². The van der Waals surface area contributed by atoms with Crippen LogP contribution in [-0.4, -0.2) is 26.0 Å². The van der Waals surface area contributed by atoms with Crippen LogP contribution in [0.1, 0.15) is 17.1 Å². The minimum atomic E-state index is -1.33. The average Bonchev–Trinajstić information content (AvgIpc) is 2.98. The number of fused-ring (bicyclic) bond motifs is 3. The summed E-state index contributed by atoms with van der Waals surface area (Å²) in [6.45, 7) is 2.87. The summed E-state index contributed by atoms with van der Waals surface area (Å²) >= 11 is 0. The molecule has 0 saturated heterocycles. The summed E-state index contributed by atoms with van der Waals surface area (Å²) in [6, 6.07) is 4.62. The van der Waals surface area contributed by atoms with Gasteiger partial charge in [0.15, 0.2) is 17.3 Å². The van der Waals surface area contributed by atoms with Crippen molar-refractivity contribution in [2.45, 2.75) is 20.4 Å². The lowest BCUT2D eigenvalue weighted by molar-refractivity contribution is 0.399. The van der Waals surface area contributed by atoms with Crippen LogP contribution in [0.15, 0.2) is 29.1 Å². The summed E-state index contributed by atoms with van der Waals surface area (Å²) in [5.41, 5.74) is 0.259. The molecule has 6 nitrogen and oxygen atoms in total.